The first-order valence-corrected chi connectivity index (χ1v) is 10.6. The summed E-state index contributed by atoms with van der Waals surface area (Å²) in [5, 5.41) is 11.2. The van der Waals surface area contributed by atoms with E-state index in [1.54, 1.807) is 42.5 Å². The number of hydrogen-bond donors (Lipinski definition) is 1. The monoisotopic (exact) mass is 450 g/mol. The molecular weight excluding hydrogens is 424 g/mol. The second kappa shape index (κ2) is 9.38. The van der Waals surface area contributed by atoms with Gasteiger partial charge in [0.1, 0.15) is 18.1 Å². The van der Waals surface area contributed by atoms with Crippen LogP contribution in [0.2, 0.25) is 0 Å². The molecule has 33 heavy (non-hydrogen) atoms. The zero-order valence-electron chi connectivity index (χ0n) is 18.6. The average molecular weight is 450 g/mol. The van der Waals surface area contributed by atoms with Crippen molar-refractivity contribution < 1.29 is 28.9 Å². The number of carbonyl (C=O) groups is 2. The maximum Gasteiger partial charge on any atom is 0.295 e. The predicted octanol–water partition coefficient (Wildman–Crippen LogP) is 2.96. The first-order chi connectivity index (χ1) is 15.9. The number of fused-ring (bicyclic) bond motifs is 1. The van der Waals surface area contributed by atoms with E-state index >= 15 is 0 Å². The fraction of sp³-hybridized carbons (Fsp3) is 0.280. The zero-order valence-corrected chi connectivity index (χ0v) is 18.6. The maximum absolute atomic E-state index is 13.1. The Morgan fingerprint density at radius 3 is 2.76 bits per heavy atom. The molecule has 4 rings (SSSR count). The number of likely N-dealkylation sites (tertiary alicyclic amines) is 1. The lowest BCUT2D eigenvalue weighted by Crippen LogP contribution is -2.35. The van der Waals surface area contributed by atoms with Gasteiger partial charge in [-0.15, -0.1) is 0 Å². The van der Waals surface area contributed by atoms with Gasteiger partial charge < -0.3 is 29.1 Å². The highest BCUT2D eigenvalue weighted by Gasteiger charge is 2.46. The summed E-state index contributed by atoms with van der Waals surface area (Å²) in [5.41, 5.74) is 1.06. The molecule has 0 unspecified atom stereocenters. The Hall–Kier alpha value is -3.78. The van der Waals surface area contributed by atoms with Crippen LogP contribution in [0.3, 0.4) is 0 Å². The molecule has 0 saturated carbocycles. The molecule has 2 aromatic carbocycles. The van der Waals surface area contributed by atoms with E-state index in [2.05, 4.69) is 6.58 Å². The second-order valence-electron chi connectivity index (χ2n) is 8.04. The van der Waals surface area contributed by atoms with Crippen molar-refractivity contribution in [3.8, 4) is 17.2 Å². The van der Waals surface area contributed by atoms with Gasteiger partial charge in [-0.05, 0) is 50.0 Å². The fourth-order valence-electron chi connectivity index (χ4n) is 3.89. The van der Waals surface area contributed by atoms with E-state index in [-0.39, 0.29) is 18.1 Å². The van der Waals surface area contributed by atoms with E-state index < -0.39 is 17.7 Å². The van der Waals surface area contributed by atoms with Crippen molar-refractivity contribution >= 4 is 17.4 Å². The molecule has 1 saturated heterocycles. The largest absolute Gasteiger partial charge is 0.507 e. The molecule has 2 aliphatic heterocycles. The number of rotatable bonds is 8. The molecule has 1 atom stereocenters. The predicted molar refractivity (Wildman–Crippen MR) is 122 cm³/mol. The van der Waals surface area contributed by atoms with Gasteiger partial charge in [0.15, 0.2) is 11.5 Å². The van der Waals surface area contributed by atoms with Crippen molar-refractivity contribution in [1.82, 2.24) is 9.80 Å². The van der Waals surface area contributed by atoms with Gasteiger partial charge in [0, 0.05) is 18.7 Å². The lowest BCUT2D eigenvalue weighted by atomic mass is 9.95. The molecule has 2 aromatic rings. The second-order valence-corrected chi connectivity index (χ2v) is 8.04. The fourth-order valence-corrected chi connectivity index (χ4v) is 3.89. The number of likely N-dealkylation sites (N-methyl/N-ethyl adjacent to an activating group) is 1. The summed E-state index contributed by atoms with van der Waals surface area (Å²) < 4.78 is 16.4. The smallest absolute Gasteiger partial charge is 0.295 e. The third-order valence-corrected chi connectivity index (χ3v) is 5.52. The molecule has 1 N–H and O–H groups in total. The molecular formula is C25H26N2O6. The Balaban J connectivity index is 1.81. The SMILES string of the molecule is C=CCOc1cccc([C@@H]2C(=C(O)c3ccc4c(c3)OCO4)C(=O)C(=O)N2CCN(C)C)c1. The Morgan fingerprint density at radius 2 is 2.00 bits per heavy atom. The Morgan fingerprint density at radius 1 is 1.21 bits per heavy atom. The number of amides is 1. The number of aliphatic hydroxyl groups excluding tert-OH is 1. The van der Waals surface area contributed by atoms with Crippen LogP contribution in [0.4, 0.5) is 0 Å². The van der Waals surface area contributed by atoms with Crippen molar-refractivity contribution in [3.05, 3.63) is 71.8 Å². The molecule has 2 aliphatic rings. The van der Waals surface area contributed by atoms with Crippen LogP contribution < -0.4 is 14.2 Å². The number of Topliss-reactive ketones (excluding diaryl/α,β-unsaturated/α-hetero) is 1. The topological polar surface area (TPSA) is 88.5 Å². The quantitative estimate of drug-likeness (QED) is 0.286. The lowest BCUT2D eigenvalue weighted by molar-refractivity contribution is -0.140. The standard InChI is InChI=1S/C25H26N2O6/c1-4-12-31-18-7-5-6-16(13-18)22-21(24(29)25(30)27(22)11-10-26(2)3)23(28)17-8-9-19-20(14-17)33-15-32-19/h4-9,13-14,22,28H,1,10-12,15H2,2-3H3/t22-/m1/s1. The number of nitrogens with zero attached hydrogens (tertiary/aromatic N) is 2. The zero-order chi connectivity index (χ0) is 23.5. The summed E-state index contributed by atoms with van der Waals surface area (Å²) in [4.78, 5) is 29.6. The van der Waals surface area contributed by atoms with E-state index in [1.165, 1.54) is 4.90 Å². The summed E-state index contributed by atoms with van der Waals surface area (Å²) >= 11 is 0. The van der Waals surface area contributed by atoms with Gasteiger partial charge in [0.05, 0.1) is 11.6 Å². The van der Waals surface area contributed by atoms with Crippen molar-refractivity contribution in [2.75, 3.05) is 40.6 Å². The molecule has 1 amide bonds. The van der Waals surface area contributed by atoms with Crippen LogP contribution in [0, 0.1) is 0 Å². The van der Waals surface area contributed by atoms with E-state index in [4.69, 9.17) is 14.2 Å². The van der Waals surface area contributed by atoms with Crippen molar-refractivity contribution in [2.24, 2.45) is 0 Å². The summed E-state index contributed by atoms with van der Waals surface area (Å²) in [5.74, 6) is -0.0400. The highest BCUT2D eigenvalue weighted by atomic mass is 16.7. The molecule has 0 radical (unpaired) electrons. The van der Waals surface area contributed by atoms with Crippen LogP contribution in [0.15, 0.2) is 60.7 Å². The summed E-state index contributed by atoms with van der Waals surface area (Å²) in [7, 11) is 3.78. The van der Waals surface area contributed by atoms with E-state index in [1.807, 2.05) is 25.1 Å². The van der Waals surface area contributed by atoms with Gasteiger partial charge in [-0.3, -0.25) is 9.59 Å². The molecule has 8 nitrogen and oxygen atoms in total. The molecule has 0 spiro atoms. The van der Waals surface area contributed by atoms with Gasteiger partial charge in [-0.25, -0.2) is 0 Å². The Labute approximate surface area is 192 Å². The van der Waals surface area contributed by atoms with Crippen LogP contribution in [-0.4, -0.2) is 67.2 Å². The number of hydrogen-bond acceptors (Lipinski definition) is 7. The molecule has 1 fully saturated rings. The number of benzene rings is 2. The Bertz CT molecular complexity index is 1120. The molecule has 0 aromatic heterocycles. The van der Waals surface area contributed by atoms with Gasteiger partial charge >= 0.3 is 0 Å². The van der Waals surface area contributed by atoms with Crippen LogP contribution >= 0.6 is 0 Å². The molecule has 0 bridgehead atoms. The highest BCUT2D eigenvalue weighted by molar-refractivity contribution is 6.46. The van der Waals surface area contributed by atoms with Crippen molar-refractivity contribution in [2.45, 2.75) is 6.04 Å². The van der Waals surface area contributed by atoms with Crippen molar-refractivity contribution in [3.63, 3.8) is 0 Å². The number of aliphatic hydroxyl groups is 1. The van der Waals surface area contributed by atoms with Gasteiger partial charge in [0.2, 0.25) is 6.79 Å². The first kappa shape index (κ1) is 22.4. The number of carbonyl (C=O) groups excluding carboxylic acids is 2. The summed E-state index contributed by atoms with van der Waals surface area (Å²) in [6.45, 7) is 4.94. The van der Waals surface area contributed by atoms with Gasteiger partial charge in [-0.2, -0.15) is 0 Å². The van der Waals surface area contributed by atoms with E-state index in [0.717, 1.165) is 0 Å². The molecule has 8 heteroatoms. The Kier molecular flexibility index (Phi) is 6.37. The van der Waals surface area contributed by atoms with Crippen LogP contribution in [-0.2, 0) is 9.59 Å². The molecule has 0 aliphatic carbocycles. The van der Waals surface area contributed by atoms with Crippen LogP contribution in [0.1, 0.15) is 17.2 Å². The number of ketones is 1. The third kappa shape index (κ3) is 4.42. The number of ether oxygens (including phenoxy) is 3. The van der Waals surface area contributed by atoms with Crippen LogP contribution in [0.25, 0.3) is 5.76 Å². The van der Waals surface area contributed by atoms with E-state index in [9.17, 15) is 14.7 Å². The first-order valence-electron chi connectivity index (χ1n) is 10.6. The van der Waals surface area contributed by atoms with Gasteiger partial charge in [-0.1, -0.05) is 24.8 Å². The maximum atomic E-state index is 13.1. The minimum Gasteiger partial charge on any atom is -0.507 e. The van der Waals surface area contributed by atoms with Gasteiger partial charge in [0.25, 0.3) is 11.7 Å². The van der Waals surface area contributed by atoms with E-state index in [0.29, 0.717) is 48.1 Å². The summed E-state index contributed by atoms with van der Waals surface area (Å²) in [6, 6.07) is 11.3. The van der Waals surface area contributed by atoms with Crippen molar-refractivity contribution in [1.29, 1.82) is 0 Å². The minimum absolute atomic E-state index is 0.0264. The highest BCUT2D eigenvalue weighted by Crippen LogP contribution is 2.41. The minimum atomic E-state index is -0.761. The normalized spacial score (nSPS) is 18.8. The average Bonchev–Trinajstić information content (AvgIpc) is 3.38. The third-order valence-electron chi connectivity index (χ3n) is 5.52. The lowest BCUT2D eigenvalue weighted by Gasteiger charge is -2.27. The summed E-state index contributed by atoms with van der Waals surface area (Å²) in [6.07, 6.45) is 1.63. The molecule has 172 valence electrons. The van der Waals surface area contributed by atoms with Crippen LogP contribution in [0.5, 0.6) is 17.2 Å². The molecule has 2 heterocycles.